The van der Waals surface area contributed by atoms with Crippen molar-refractivity contribution in [2.24, 2.45) is 4.99 Å². The van der Waals surface area contributed by atoms with Crippen LogP contribution in [0.1, 0.15) is 43.9 Å². The van der Waals surface area contributed by atoms with Crippen LogP contribution >= 0.6 is 11.3 Å². The fraction of sp³-hybridized carbons (Fsp3) is 0.375. The van der Waals surface area contributed by atoms with E-state index in [2.05, 4.69) is 4.99 Å². The van der Waals surface area contributed by atoms with E-state index in [1.165, 1.54) is 18.4 Å². The molecule has 3 aromatic rings. The molecule has 0 radical (unpaired) electrons. The summed E-state index contributed by atoms with van der Waals surface area (Å²) in [6.45, 7) is 5.19. The van der Waals surface area contributed by atoms with Crippen LogP contribution in [0.2, 0.25) is 0 Å². The molecule has 226 valence electrons. The number of esters is 1. The number of carbonyl (C=O) groups excluding carboxylic acids is 2. The molecule has 0 unspecified atom stereocenters. The van der Waals surface area contributed by atoms with Crippen LogP contribution in [0.5, 0.6) is 11.5 Å². The fourth-order valence-electron chi connectivity index (χ4n) is 5.30. The standard InChI is InChI=1S/C32H36N4O6S/c1-6-41-31(39)28-20(2)33-32-36(29(28)22-10-12-23(13-11-22)34(3)4)30(38)26(43-32)18-21-9-14-24(25(17-21)40-5)42-19-27(37)35-15-7-8-16-35/h9-14,17-18,29H,6-8,15-16,19H2,1-5H3/b26-18+/t29-/m1/s1. The van der Waals surface area contributed by atoms with E-state index < -0.39 is 12.0 Å². The van der Waals surface area contributed by atoms with Gasteiger partial charge >= 0.3 is 5.97 Å². The number of fused-ring (bicyclic) bond motifs is 1. The lowest BCUT2D eigenvalue weighted by Gasteiger charge is -2.25. The molecule has 0 spiro atoms. The van der Waals surface area contributed by atoms with Gasteiger partial charge in [0.1, 0.15) is 0 Å². The van der Waals surface area contributed by atoms with E-state index in [0.29, 0.717) is 37.7 Å². The van der Waals surface area contributed by atoms with Crippen molar-refractivity contribution in [2.75, 3.05) is 52.4 Å². The van der Waals surface area contributed by atoms with Gasteiger partial charge in [-0.05, 0) is 68.2 Å². The molecule has 2 aliphatic rings. The fourth-order valence-corrected chi connectivity index (χ4v) is 6.35. The highest BCUT2D eigenvalue weighted by molar-refractivity contribution is 7.07. The number of hydrogen-bond donors (Lipinski definition) is 0. The highest BCUT2D eigenvalue weighted by Crippen LogP contribution is 2.32. The maximum absolute atomic E-state index is 13.9. The first-order chi connectivity index (χ1) is 20.7. The van der Waals surface area contributed by atoms with Crippen molar-refractivity contribution >= 4 is 35.0 Å². The Labute approximate surface area is 254 Å². The lowest BCUT2D eigenvalue weighted by Crippen LogP contribution is -2.39. The second-order valence-corrected chi connectivity index (χ2v) is 11.6. The van der Waals surface area contributed by atoms with Crippen LogP contribution < -0.4 is 29.3 Å². The minimum absolute atomic E-state index is 0.0480. The molecule has 1 saturated heterocycles. The van der Waals surface area contributed by atoms with Gasteiger partial charge in [-0.2, -0.15) is 0 Å². The van der Waals surface area contributed by atoms with Crippen molar-refractivity contribution in [3.8, 4) is 11.5 Å². The van der Waals surface area contributed by atoms with Crippen molar-refractivity contribution in [1.82, 2.24) is 9.47 Å². The van der Waals surface area contributed by atoms with Gasteiger partial charge in [0.25, 0.3) is 11.5 Å². The average Bonchev–Trinajstić information content (AvgIpc) is 3.64. The van der Waals surface area contributed by atoms with Gasteiger partial charge in [-0.1, -0.05) is 29.5 Å². The Balaban J connectivity index is 1.51. The molecular weight excluding hydrogens is 568 g/mol. The van der Waals surface area contributed by atoms with Crippen molar-refractivity contribution < 1.29 is 23.8 Å². The highest BCUT2D eigenvalue weighted by atomic mass is 32.1. The number of carbonyl (C=O) groups is 2. The Hall–Kier alpha value is -4.38. The molecule has 1 atom stereocenters. The first kappa shape index (κ1) is 30.1. The lowest BCUT2D eigenvalue weighted by atomic mass is 9.95. The Morgan fingerprint density at radius 2 is 1.81 bits per heavy atom. The third-order valence-electron chi connectivity index (χ3n) is 7.54. The zero-order valence-electron chi connectivity index (χ0n) is 25.1. The molecule has 11 heteroatoms. The molecule has 0 bridgehead atoms. The van der Waals surface area contributed by atoms with Crippen molar-refractivity contribution in [2.45, 2.75) is 32.7 Å². The molecule has 2 aliphatic heterocycles. The topological polar surface area (TPSA) is 103 Å². The summed E-state index contributed by atoms with van der Waals surface area (Å²) in [4.78, 5) is 48.4. The van der Waals surface area contributed by atoms with E-state index in [4.69, 9.17) is 14.2 Å². The first-order valence-corrected chi connectivity index (χ1v) is 15.1. The first-order valence-electron chi connectivity index (χ1n) is 14.3. The minimum Gasteiger partial charge on any atom is -0.493 e. The summed E-state index contributed by atoms with van der Waals surface area (Å²) in [5.41, 5.74) is 3.08. The van der Waals surface area contributed by atoms with Gasteiger partial charge in [-0.3, -0.25) is 14.2 Å². The summed E-state index contributed by atoms with van der Waals surface area (Å²) in [7, 11) is 5.44. The maximum atomic E-state index is 13.9. The summed E-state index contributed by atoms with van der Waals surface area (Å²) in [6, 6.07) is 12.4. The minimum atomic E-state index is -0.688. The normalized spacial score (nSPS) is 16.5. The van der Waals surface area contributed by atoms with Gasteiger partial charge < -0.3 is 24.0 Å². The van der Waals surface area contributed by atoms with Crippen LogP contribution in [-0.2, 0) is 14.3 Å². The monoisotopic (exact) mass is 604 g/mol. The van der Waals surface area contributed by atoms with Gasteiger partial charge in [-0.15, -0.1) is 0 Å². The van der Waals surface area contributed by atoms with Crippen molar-refractivity contribution in [3.63, 3.8) is 0 Å². The van der Waals surface area contributed by atoms with E-state index in [1.54, 1.807) is 41.5 Å². The Kier molecular flexibility index (Phi) is 9.00. The predicted octanol–water partition coefficient (Wildman–Crippen LogP) is 2.87. The lowest BCUT2D eigenvalue weighted by molar-refractivity contribution is -0.139. The quantitative estimate of drug-likeness (QED) is 0.346. The number of rotatable bonds is 9. The van der Waals surface area contributed by atoms with Crippen molar-refractivity contribution in [1.29, 1.82) is 0 Å². The Bertz CT molecular complexity index is 1730. The third kappa shape index (κ3) is 6.22. The van der Waals surface area contributed by atoms with Gasteiger partial charge in [0, 0.05) is 32.9 Å². The smallest absolute Gasteiger partial charge is 0.338 e. The second kappa shape index (κ2) is 12.9. The van der Waals surface area contributed by atoms with Crippen LogP contribution in [0.4, 0.5) is 5.69 Å². The van der Waals surface area contributed by atoms with Crippen LogP contribution in [-0.4, -0.2) is 68.9 Å². The Morgan fingerprint density at radius 3 is 2.47 bits per heavy atom. The molecule has 1 amide bonds. The third-order valence-corrected chi connectivity index (χ3v) is 8.52. The number of benzene rings is 2. The molecule has 2 aromatic carbocycles. The number of hydrogen-bond acceptors (Lipinski definition) is 9. The number of methoxy groups -OCH3 is 1. The van der Waals surface area contributed by atoms with Crippen LogP contribution in [0.3, 0.4) is 0 Å². The van der Waals surface area contributed by atoms with E-state index in [-0.39, 0.29) is 24.7 Å². The van der Waals surface area contributed by atoms with Crippen LogP contribution in [0, 0.1) is 0 Å². The second-order valence-electron chi connectivity index (χ2n) is 10.6. The molecule has 1 fully saturated rings. The highest BCUT2D eigenvalue weighted by Gasteiger charge is 2.33. The molecule has 5 rings (SSSR count). The van der Waals surface area contributed by atoms with Crippen LogP contribution in [0.15, 0.2) is 63.5 Å². The molecular formula is C32H36N4O6S. The van der Waals surface area contributed by atoms with Gasteiger partial charge in [0.15, 0.2) is 22.9 Å². The van der Waals surface area contributed by atoms with Crippen LogP contribution in [0.25, 0.3) is 6.08 Å². The largest absolute Gasteiger partial charge is 0.493 e. The number of likely N-dealkylation sites (tertiary alicyclic amines) is 1. The van der Waals surface area contributed by atoms with E-state index in [0.717, 1.165) is 37.2 Å². The van der Waals surface area contributed by atoms with E-state index in [1.807, 2.05) is 49.3 Å². The molecule has 43 heavy (non-hydrogen) atoms. The van der Waals surface area contributed by atoms with E-state index in [9.17, 15) is 14.4 Å². The average molecular weight is 605 g/mol. The van der Waals surface area contributed by atoms with Crippen molar-refractivity contribution in [3.05, 3.63) is 84.5 Å². The van der Waals surface area contributed by atoms with E-state index >= 15 is 0 Å². The number of thiazole rings is 1. The summed E-state index contributed by atoms with van der Waals surface area (Å²) in [6.07, 6.45) is 3.80. The molecule has 3 heterocycles. The number of allylic oxidation sites excluding steroid dienone is 1. The zero-order chi connectivity index (χ0) is 30.7. The summed E-state index contributed by atoms with van der Waals surface area (Å²) < 4.78 is 18.7. The molecule has 1 aromatic heterocycles. The number of amides is 1. The SMILES string of the molecule is CCOC(=O)C1=C(C)N=c2s/c(=C/c3ccc(OCC(=O)N4CCCC4)c(OC)c3)c(=O)n2[C@@H]1c1ccc(N(C)C)cc1. The number of anilines is 1. The number of aromatic nitrogens is 1. The van der Waals surface area contributed by atoms with Gasteiger partial charge in [0.05, 0.1) is 35.6 Å². The number of ether oxygens (including phenoxy) is 3. The molecule has 0 aliphatic carbocycles. The molecule has 10 nitrogen and oxygen atoms in total. The van der Waals surface area contributed by atoms with Gasteiger partial charge in [0.2, 0.25) is 0 Å². The summed E-state index contributed by atoms with van der Waals surface area (Å²) in [5, 5.41) is 0. The summed E-state index contributed by atoms with van der Waals surface area (Å²) >= 11 is 1.25. The van der Waals surface area contributed by atoms with Gasteiger partial charge in [-0.25, -0.2) is 9.79 Å². The maximum Gasteiger partial charge on any atom is 0.338 e. The zero-order valence-corrected chi connectivity index (χ0v) is 25.9. The Morgan fingerprint density at radius 1 is 1.09 bits per heavy atom. The molecule has 0 saturated carbocycles. The number of nitrogens with zero attached hydrogens (tertiary/aromatic N) is 4. The summed E-state index contributed by atoms with van der Waals surface area (Å²) in [5.74, 6) is 0.357. The molecule has 0 N–H and O–H groups in total. The predicted molar refractivity (Wildman–Crippen MR) is 165 cm³/mol.